The number of nitro groups is 1. The molecule has 6 nitrogen and oxygen atoms in total. The van der Waals surface area contributed by atoms with E-state index in [1.165, 1.54) is 6.20 Å². The number of para-hydroxylation sites is 1. The molecule has 21 heavy (non-hydrogen) atoms. The maximum atomic E-state index is 11.3. The van der Waals surface area contributed by atoms with Gasteiger partial charge in [0.25, 0.3) is 0 Å². The molecule has 1 aromatic carbocycles. The summed E-state index contributed by atoms with van der Waals surface area (Å²) in [7, 11) is 0. The van der Waals surface area contributed by atoms with Crippen LogP contribution in [0, 0.1) is 16.0 Å². The second kappa shape index (κ2) is 4.14. The number of aliphatic hydroxyl groups is 1. The Labute approximate surface area is 121 Å². The number of fused-ring (bicyclic) bond motifs is 1. The van der Waals surface area contributed by atoms with Crippen molar-refractivity contribution in [3.63, 3.8) is 0 Å². The number of aromatic nitrogens is 1. The van der Waals surface area contributed by atoms with Gasteiger partial charge in [-0.3, -0.25) is 10.1 Å². The van der Waals surface area contributed by atoms with E-state index >= 15 is 0 Å². The standard InChI is InChI=1S/C15H15N3O3/c19-15(10-5-6-10)8-17(9-15)14-11-3-1-2-4-12(11)16-7-13(14)18(20)21/h1-4,7,10,19H,5-6,8-9H2. The zero-order chi connectivity index (χ0) is 14.6. The Bertz CT molecular complexity index is 736. The molecule has 0 unspecified atom stereocenters. The number of benzene rings is 1. The third-order valence-electron chi connectivity index (χ3n) is 4.51. The van der Waals surface area contributed by atoms with Crippen molar-refractivity contribution < 1.29 is 10.0 Å². The lowest BCUT2D eigenvalue weighted by Gasteiger charge is -2.48. The summed E-state index contributed by atoms with van der Waals surface area (Å²) in [6.07, 6.45) is 3.43. The number of β-amino-alcohol motifs (C(OH)–C–C–N with tert-alkyl or cyclic N) is 1. The van der Waals surface area contributed by atoms with Gasteiger partial charge in [-0.05, 0) is 24.8 Å². The van der Waals surface area contributed by atoms with Gasteiger partial charge in [-0.25, -0.2) is 4.98 Å². The fourth-order valence-corrected chi connectivity index (χ4v) is 3.23. The van der Waals surface area contributed by atoms with Crippen LogP contribution in [0.4, 0.5) is 11.4 Å². The summed E-state index contributed by atoms with van der Waals surface area (Å²) in [4.78, 5) is 17.0. The van der Waals surface area contributed by atoms with Gasteiger partial charge in [-0.15, -0.1) is 0 Å². The van der Waals surface area contributed by atoms with Crippen molar-refractivity contribution in [2.75, 3.05) is 18.0 Å². The molecule has 1 aromatic heterocycles. The fourth-order valence-electron chi connectivity index (χ4n) is 3.23. The van der Waals surface area contributed by atoms with Crippen molar-refractivity contribution in [3.8, 4) is 0 Å². The summed E-state index contributed by atoms with van der Waals surface area (Å²) in [5.74, 6) is 0.362. The van der Waals surface area contributed by atoms with E-state index in [0.717, 1.165) is 23.7 Å². The van der Waals surface area contributed by atoms with Crippen LogP contribution in [0.5, 0.6) is 0 Å². The van der Waals surface area contributed by atoms with Crippen molar-refractivity contribution in [1.29, 1.82) is 0 Å². The van der Waals surface area contributed by atoms with Gasteiger partial charge in [-0.1, -0.05) is 18.2 Å². The van der Waals surface area contributed by atoms with Gasteiger partial charge >= 0.3 is 5.69 Å². The van der Waals surface area contributed by atoms with E-state index in [1.54, 1.807) is 0 Å². The number of anilines is 1. The van der Waals surface area contributed by atoms with Crippen molar-refractivity contribution >= 4 is 22.3 Å². The molecule has 2 fully saturated rings. The highest BCUT2D eigenvalue weighted by atomic mass is 16.6. The number of rotatable bonds is 3. The molecule has 2 aromatic rings. The molecule has 1 saturated heterocycles. The summed E-state index contributed by atoms with van der Waals surface area (Å²) < 4.78 is 0. The largest absolute Gasteiger partial charge is 0.386 e. The lowest BCUT2D eigenvalue weighted by Crippen LogP contribution is -2.63. The monoisotopic (exact) mass is 285 g/mol. The van der Waals surface area contributed by atoms with Crippen LogP contribution < -0.4 is 4.90 Å². The molecule has 0 bridgehead atoms. The maximum absolute atomic E-state index is 11.3. The van der Waals surface area contributed by atoms with Crippen LogP contribution in [0.25, 0.3) is 10.9 Å². The summed E-state index contributed by atoms with van der Waals surface area (Å²) in [5, 5.41) is 22.5. The lowest BCUT2D eigenvalue weighted by molar-refractivity contribution is -0.384. The van der Waals surface area contributed by atoms with E-state index in [1.807, 2.05) is 29.2 Å². The third-order valence-corrected chi connectivity index (χ3v) is 4.51. The van der Waals surface area contributed by atoms with Crippen molar-refractivity contribution in [2.45, 2.75) is 18.4 Å². The van der Waals surface area contributed by atoms with Crippen LogP contribution in [0.2, 0.25) is 0 Å². The number of pyridine rings is 1. The van der Waals surface area contributed by atoms with E-state index in [4.69, 9.17) is 0 Å². The Balaban J connectivity index is 1.79. The molecule has 108 valence electrons. The smallest absolute Gasteiger partial charge is 0.311 e. The molecule has 0 radical (unpaired) electrons. The van der Waals surface area contributed by atoms with Gasteiger partial charge in [0.1, 0.15) is 17.5 Å². The molecule has 1 aliphatic carbocycles. The zero-order valence-electron chi connectivity index (χ0n) is 11.4. The summed E-state index contributed by atoms with van der Waals surface area (Å²) in [6, 6.07) is 7.40. The Morgan fingerprint density at radius 3 is 2.71 bits per heavy atom. The predicted molar refractivity (Wildman–Crippen MR) is 78.3 cm³/mol. The molecule has 2 heterocycles. The number of hydrogen-bond donors (Lipinski definition) is 1. The van der Waals surface area contributed by atoms with E-state index in [0.29, 0.717) is 24.7 Å². The molecular weight excluding hydrogens is 270 g/mol. The topological polar surface area (TPSA) is 79.5 Å². The van der Waals surface area contributed by atoms with Gasteiger partial charge in [0.2, 0.25) is 0 Å². The minimum atomic E-state index is -0.668. The highest BCUT2D eigenvalue weighted by Crippen LogP contribution is 2.48. The molecular formula is C15H15N3O3. The predicted octanol–water partition coefficient (Wildman–Crippen LogP) is 2.10. The first-order chi connectivity index (χ1) is 10.1. The van der Waals surface area contributed by atoms with E-state index in [9.17, 15) is 15.2 Å². The zero-order valence-corrected chi connectivity index (χ0v) is 11.4. The molecule has 0 amide bonds. The van der Waals surface area contributed by atoms with Gasteiger partial charge < -0.3 is 10.0 Å². The molecule has 1 saturated carbocycles. The van der Waals surface area contributed by atoms with Crippen LogP contribution >= 0.6 is 0 Å². The maximum Gasteiger partial charge on any atom is 0.311 e. The highest BCUT2D eigenvalue weighted by Gasteiger charge is 2.53. The summed E-state index contributed by atoms with van der Waals surface area (Å²) in [6.45, 7) is 0.930. The Hall–Kier alpha value is -2.21. The van der Waals surface area contributed by atoms with Crippen LogP contribution in [0.1, 0.15) is 12.8 Å². The average molecular weight is 285 g/mol. The van der Waals surface area contributed by atoms with Crippen molar-refractivity contribution in [1.82, 2.24) is 4.98 Å². The third kappa shape index (κ3) is 1.86. The normalized spacial score (nSPS) is 20.3. The van der Waals surface area contributed by atoms with Gasteiger partial charge in [0.15, 0.2) is 0 Å². The second-order valence-electron chi connectivity index (χ2n) is 6.00. The van der Waals surface area contributed by atoms with Crippen LogP contribution in [-0.2, 0) is 0 Å². The van der Waals surface area contributed by atoms with Gasteiger partial charge in [0.05, 0.1) is 10.4 Å². The van der Waals surface area contributed by atoms with Crippen molar-refractivity contribution in [3.05, 3.63) is 40.6 Å². The van der Waals surface area contributed by atoms with E-state index < -0.39 is 10.5 Å². The molecule has 6 heteroatoms. The molecule has 4 rings (SSSR count). The average Bonchev–Trinajstić information content (AvgIpc) is 3.27. The van der Waals surface area contributed by atoms with Crippen LogP contribution in [0.3, 0.4) is 0 Å². The van der Waals surface area contributed by atoms with Crippen LogP contribution in [-0.4, -0.2) is 33.7 Å². The minimum Gasteiger partial charge on any atom is -0.386 e. The lowest BCUT2D eigenvalue weighted by atomic mass is 9.87. The molecule has 1 N–H and O–H groups in total. The summed E-state index contributed by atoms with van der Waals surface area (Å²) in [5.41, 5.74) is 0.653. The highest BCUT2D eigenvalue weighted by molar-refractivity contribution is 5.96. The quantitative estimate of drug-likeness (QED) is 0.690. The first-order valence-corrected chi connectivity index (χ1v) is 7.08. The second-order valence-corrected chi connectivity index (χ2v) is 6.00. The van der Waals surface area contributed by atoms with Crippen LogP contribution in [0.15, 0.2) is 30.5 Å². The molecule has 1 aliphatic heterocycles. The van der Waals surface area contributed by atoms with Crippen molar-refractivity contribution in [2.24, 2.45) is 5.92 Å². The Morgan fingerprint density at radius 2 is 2.05 bits per heavy atom. The molecule has 0 atom stereocenters. The fraction of sp³-hybridized carbons (Fsp3) is 0.400. The molecule has 2 aliphatic rings. The Kier molecular flexibility index (Phi) is 2.47. The van der Waals surface area contributed by atoms with E-state index in [2.05, 4.69) is 4.98 Å². The van der Waals surface area contributed by atoms with Gasteiger partial charge in [0, 0.05) is 18.5 Å². The van der Waals surface area contributed by atoms with E-state index in [-0.39, 0.29) is 5.69 Å². The minimum absolute atomic E-state index is 0.00606. The Morgan fingerprint density at radius 1 is 1.33 bits per heavy atom. The first kappa shape index (κ1) is 12.5. The number of nitrogens with zero attached hydrogens (tertiary/aromatic N) is 3. The van der Waals surface area contributed by atoms with Gasteiger partial charge in [-0.2, -0.15) is 0 Å². The summed E-state index contributed by atoms with van der Waals surface area (Å²) >= 11 is 0. The number of hydrogen-bond acceptors (Lipinski definition) is 5. The SMILES string of the molecule is O=[N+]([O-])c1cnc2ccccc2c1N1CC(O)(C2CC2)C1. The first-order valence-electron chi connectivity index (χ1n) is 7.08. The molecule has 0 spiro atoms.